The molecule has 2 aromatic carbocycles. The average Bonchev–Trinajstić information content (AvgIpc) is 3.77. The van der Waals surface area contributed by atoms with E-state index in [4.69, 9.17) is 57.5 Å². The Morgan fingerprint density at radius 1 is 0.745 bits per heavy atom. The van der Waals surface area contributed by atoms with Crippen molar-refractivity contribution in [2.24, 2.45) is 11.7 Å². The standard InChI is InChI=1S/C19H18ClN5.C12H7Cl2N3.C7H12N2/c1-21-15-5-7-16(8-6-15)23-18-9-10-19-22-12-17(25(19)24-18)13-3-2-4-14(20)11-13;13-9-3-1-2-8(6-9)10-7-15-12-5-4-11(14)16-17(10)12;8-5-6-1-3-7(9)4-2-6/h2-4,9-12,15-16H,5-8H2,(H,23,24);1-7H;6-7H,1-4,9H2. The molecule has 0 unspecified atom stereocenters. The van der Waals surface area contributed by atoms with Crippen molar-refractivity contribution in [2.75, 3.05) is 5.32 Å². The van der Waals surface area contributed by atoms with Crippen molar-refractivity contribution < 1.29 is 0 Å². The van der Waals surface area contributed by atoms with Crippen molar-refractivity contribution in [3.8, 4) is 28.6 Å². The molecule has 8 rings (SSSR count). The largest absolute Gasteiger partial charge is 0.366 e. The van der Waals surface area contributed by atoms with Gasteiger partial charge in [0.05, 0.1) is 29.9 Å². The van der Waals surface area contributed by atoms with Crippen LogP contribution in [-0.4, -0.2) is 47.3 Å². The molecule has 2 aliphatic rings. The number of imidazole rings is 2. The highest BCUT2D eigenvalue weighted by Crippen LogP contribution is 2.27. The maximum atomic E-state index is 8.49. The number of nitrogens with zero attached hydrogens (tertiary/aromatic N) is 8. The molecule has 0 saturated heterocycles. The van der Waals surface area contributed by atoms with E-state index < -0.39 is 0 Å². The summed E-state index contributed by atoms with van der Waals surface area (Å²) in [6.45, 7) is 7.15. The maximum absolute atomic E-state index is 8.49. The highest BCUT2D eigenvalue weighted by atomic mass is 35.5. The van der Waals surface area contributed by atoms with Gasteiger partial charge in [0.25, 0.3) is 0 Å². The average molecular weight is 740 g/mol. The van der Waals surface area contributed by atoms with E-state index in [9.17, 15) is 0 Å². The Morgan fingerprint density at radius 2 is 1.31 bits per heavy atom. The first-order chi connectivity index (χ1) is 24.8. The molecule has 0 radical (unpaired) electrons. The number of nitrogens with one attached hydrogen (secondary N) is 1. The molecule has 2 aliphatic carbocycles. The number of hydrogen-bond donors (Lipinski definition) is 2. The summed E-state index contributed by atoms with van der Waals surface area (Å²) in [5, 5.41) is 22.7. The second kappa shape index (κ2) is 17.0. The van der Waals surface area contributed by atoms with Crippen LogP contribution in [0.4, 0.5) is 5.82 Å². The Morgan fingerprint density at radius 3 is 1.86 bits per heavy atom. The minimum atomic E-state index is 0.191. The lowest BCUT2D eigenvalue weighted by molar-refractivity contribution is 0.381. The number of anilines is 1. The Bertz CT molecular complexity index is 2170. The number of nitrogens with two attached hydrogens (primary N) is 1. The fraction of sp³-hybridized carbons (Fsp3) is 0.316. The highest BCUT2D eigenvalue weighted by Gasteiger charge is 2.24. The minimum absolute atomic E-state index is 0.191. The molecule has 4 heterocycles. The number of nitriles is 1. The molecule has 0 aliphatic heterocycles. The molecular formula is C38H37Cl3N10. The van der Waals surface area contributed by atoms with E-state index in [0.717, 1.165) is 91.0 Å². The van der Waals surface area contributed by atoms with Crippen molar-refractivity contribution >= 4 is 51.9 Å². The van der Waals surface area contributed by atoms with Crippen LogP contribution in [0, 0.1) is 23.8 Å². The van der Waals surface area contributed by atoms with Gasteiger partial charge in [0.1, 0.15) is 11.0 Å². The molecule has 0 atom stereocenters. The van der Waals surface area contributed by atoms with Crippen molar-refractivity contribution in [3.63, 3.8) is 0 Å². The van der Waals surface area contributed by atoms with Gasteiger partial charge in [-0.3, -0.25) is 0 Å². The number of aromatic nitrogens is 6. The number of hydrogen-bond acceptors (Lipinski definition) is 7. The Labute approximate surface area is 312 Å². The molecule has 51 heavy (non-hydrogen) atoms. The van der Waals surface area contributed by atoms with Crippen molar-refractivity contribution in [1.29, 1.82) is 5.26 Å². The van der Waals surface area contributed by atoms with Crippen LogP contribution in [0.15, 0.2) is 85.2 Å². The first-order valence-electron chi connectivity index (χ1n) is 16.9. The molecule has 6 aromatic rings. The number of rotatable bonds is 4. The Kier molecular flexibility index (Phi) is 12.0. The smallest absolute Gasteiger partial charge is 0.223 e. The predicted molar refractivity (Wildman–Crippen MR) is 204 cm³/mol. The predicted octanol–water partition coefficient (Wildman–Crippen LogP) is 9.42. The zero-order chi connectivity index (χ0) is 35.7. The molecule has 0 spiro atoms. The Hall–Kier alpha value is -4.71. The van der Waals surface area contributed by atoms with Crippen molar-refractivity contribution in [2.45, 2.75) is 69.5 Å². The number of benzene rings is 2. The minimum Gasteiger partial charge on any atom is -0.366 e. The third kappa shape index (κ3) is 9.35. The van der Waals surface area contributed by atoms with E-state index in [-0.39, 0.29) is 6.04 Å². The van der Waals surface area contributed by atoms with Crippen LogP contribution in [0.25, 0.3) is 38.7 Å². The summed E-state index contributed by atoms with van der Waals surface area (Å²) in [4.78, 5) is 12.4. The van der Waals surface area contributed by atoms with Crippen LogP contribution in [0.3, 0.4) is 0 Å². The van der Waals surface area contributed by atoms with Gasteiger partial charge in [0.15, 0.2) is 11.3 Å². The molecule has 0 bridgehead atoms. The van der Waals surface area contributed by atoms with Gasteiger partial charge in [-0.25, -0.2) is 25.6 Å². The third-order valence-corrected chi connectivity index (χ3v) is 9.79. The molecule has 3 N–H and O–H groups in total. The summed E-state index contributed by atoms with van der Waals surface area (Å²) >= 11 is 18.0. The van der Waals surface area contributed by atoms with Crippen LogP contribution in [-0.2, 0) is 0 Å². The number of halogens is 3. The van der Waals surface area contributed by atoms with E-state index in [2.05, 4.69) is 31.3 Å². The van der Waals surface area contributed by atoms with E-state index in [1.165, 1.54) is 0 Å². The Balaban J connectivity index is 0.000000148. The zero-order valence-electron chi connectivity index (χ0n) is 27.8. The van der Waals surface area contributed by atoms with Gasteiger partial charge in [-0.1, -0.05) is 59.1 Å². The van der Waals surface area contributed by atoms with Gasteiger partial charge < -0.3 is 15.9 Å². The molecule has 10 nitrogen and oxygen atoms in total. The molecule has 260 valence electrons. The summed E-state index contributed by atoms with van der Waals surface area (Å²) in [5.74, 6) is 1.13. The van der Waals surface area contributed by atoms with Gasteiger partial charge in [-0.05, 0) is 87.1 Å². The topological polar surface area (TPSA) is 127 Å². The molecule has 2 saturated carbocycles. The van der Waals surface area contributed by atoms with Gasteiger partial charge in [-0.15, -0.1) is 5.10 Å². The summed E-state index contributed by atoms with van der Waals surface area (Å²) in [7, 11) is 0. The zero-order valence-corrected chi connectivity index (χ0v) is 30.1. The SMILES string of the molecule is Clc1cccc(-c2cnc3ccc(Cl)nn23)c1.N#CC1CCC(N)CC1.[C-]#[N+]C1CCC(Nc2ccc3ncc(-c4cccc(Cl)c4)n3n2)CC1. The molecular weight excluding hydrogens is 703 g/mol. The highest BCUT2D eigenvalue weighted by molar-refractivity contribution is 6.31. The van der Waals surface area contributed by atoms with Crippen LogP contribution < -0.4 is 11.1 Å². The second-order valence-corrected chi connectivity index (χ2v) is 14.0. The number of fused-ring (bicyclic) bond motifs is 2. The molecule has 4 aromatic heterocycles. The van der Waals surface area contributed by atoms with Gasteiger partial charge >= 0.3 is 0 Å². The van der Waals surface area contributed by atoms with E-state index in [0.29, 0.717) is 33.2 Å². The van der Waals surface area contributed by atoms with Crippen LogP contribution in [0.1, 0.15) is 51.4 Å². The first kappa shape index (κ1) is 36.1. The van der Waals surface area contributed by atoms with Crippen LogP contribution in [0.2, 0.25) is 15.2 Å². The van der Waals surface area contributed by atoms with Gasteiger partial charge in [-0.2, -0.15) is 10.4 Å². The second-order valence-electron chi connectivity index (χ2n) is 12.7. The molecule has 13 heteroatoms. The van der Waals surface area contributed by atoms with E-state index >= 15 is 0 Å². The normalized spacial score (nSPS) is 19.9. The molecule has 0 amide bonds. The van der Waals surface area contributed by atoms with Gasteiger partial charge in [0.2, 0.25) is 6.04 Å². The summed E-state index contributed by atoms with van der Waals surface area (Å²) < 4.78 is 3.55. The fourth-order valence-corrected chi connectivity index (χ4v) is 6.82. The third-order valence-electron chi connectivity index (χ3n) is 9.12. The van der Waals surface area contributed by atoms with Crippen LogP contribution >= 0.6 is 34.8 Å². The fourth-order valence-electron chi connectivity index (χ4n) is 6.30. The molecule has 2 fully saturated rings. The summed E-state index contributed by atoms with van der Waals surface area (Å²) in [6, 6.07) is 25.9. The van der Waals surface area contributed by atoms with Crippen molar-refractivity contribution in [3.05, 3.63) is 112 Å². The quantitative estimate of drug-likeness (QED) is 0.173. The van der Waals surface area contributed by atoms with Crippen LogP contribution in [0.5, 0.6) is 0 Å². The summed E-state index contributed by atoms with van der Waals surface area (Å²) in [5.41, 5.74) is 10.9. The van der Waals surface area contributed by atoms with Gasteiger partial charge in [0, 0.05) is 52.0 Å². The van der Waals surface area contributed by atoms with Crippen molar-refractivity contribution in [1.82, 2.24) is 29.2 Å². The summed E-state index contributed by atoms with van der Waals surface area (Å²) in [6.07, 6.45) is 11.6. The lowest BCUT2D eigenvalue weighted by Gasteiger charge is -2.24. The lowest BCUT2D eigenvalue weighted by atomic mass is 9.88. The lowest BCUT2D eigenvalue weighted by Crippen LogP contribution is -2.27. The van der Waals surface area contributed by atoms with E-state index in [1.807, 2.05) is 77.4 Å². The maximum Gasteiger partial charge on any atom is 0.223 e. The monoisotopic (exact) mass is 738 g/mol. The first-order valence-corrected chi connectivity index (χ1v) is 18.1. The van der Waals surface area contributed by atoms with E-state index in [1.54, 1.807) is 16.8 Å².